The van der Waals surface area contributed by atoms with E-state index in [0.29, 0.717) is 18.4 Å². The second-order valence-electron chi connectivity index (χ2n) is 6.55. The van der Waals surface area contributed by atoms with Crippen LogP contribution >= 0.6 is 0 Å². The molecule has 3 aliphatic rings. The molecule has 4 heteroatoms. The molecule has 0 aromatic carbocycles. The van der Waals surface area contributed by atoms with Gasteiger partial charge in [-0.05, 0) is 36.5 Å². The molecule has 4 nitrogen and oxygen atoms in total. The number of rotatable bonds is 1. The minimum absolute atomic E-state index is 0.0487. The SMILES string of the molecule is C[C@@H]1C=C[C@@H]2[C@H]3CCCC[C@@H]3COC(=O)[C@@H]2[C@H]1C(=O)O. The molecule has 2 aliphatic carbocycles. The number of carbonyl (C=O) groups is 2. The van der Waals surface area contributed by atoms with E-state index in [1.165, 1.54) is 12.8 Å². The zero-order chi connectivity index (χ0) is 14.3. The highest BCUT2D eigenvalue weighted by molar-refractivity contribution is 5.82. The molecule has 6 atom stereocenters. The molecule has 0 spiro atoms. The van der Waals surface area contributed by atoms with Crippen LogP contribution in [0, 0.1) is 35.5 Å². The quantitative estimate of drug-likeness (QED) is 0.591. The van der Waals surface area contributed by atoms with E-state index in [2.05, 4.69) is 6.08 Å². The first-order valence-corrected chi connectivity index (χ1v) is 7.67. The number of carboxylic acid groups (broad SMARTS) is 1. The number of fused-ring (bicyclic) bond motifs is 3. The van der Waals surface area contributed by atoms with Crippen LogP contribution < -0.4 is 0 Å². The number of allylic oxidation sites excluding steroid dienone is 2. The van der Waals surface area contributed by atoms with Crippen LogP contribution in [0.15, 0.2) is 12.2 Å². The summed E-state index contributed by atoms with van der Waals surface area (Å²) in [5, 5.41) is 9.51. The fourth-order valence-corrected chi connectivity index (χ4v) is 4.44. The highest BCUT2D eigenvalue weighted by Crippen LogP contribution is 2.47. The van der Waals surface area contributed by atoms with E-state index in [0.717, 1.165) is 12.8 Å². The molecule has 3 rings (SSSR count). The molecular weight excluding hydrogens is 256 g/mol. The average molecular weight is 278 g/mol. The van der Waals surface area contributed by atoms with Gasteiger partial charge in [-0.15, -0.1) is 0 Å². The highest BCUT2D eigenvalue weighted by Gasteiger charge is 2.50. The maximum absolute atomic E-state index is 12.3. The molecule has 1 heterocycles. The third-order valence-electron chi connectivity index (χ3n) is 5.46. The third kappa shape index (κ3) is 2.15. The fourth-order valence-electron chi connectivity index (χ4n) is 4.44. The predicted octanol–water partition coefficient (Wildman–Crippen LogP) is 2.49. The van der Waals surface area contributed by atoms with Crippen LogP contribution in [0.1, 0.15) is 32.6 Å². The van der Waals surface area contributed by atoms with Crippen LogP contribution in [0.5, 0.6) is 0 Å². The van der Waals surface area contributed by atoms with Crippen LogP contribution in [-0.4, -0.2) is 23.7 Å². The zero-order valence-corrected chi connectivity index (χ0v) is 11.8. The fraction of sp³-hybridized carbons (Fsp3) is 0.750. The molecule has 1 aliphatic heterocycles. The van der Waals surface area contributed by atoms with Gasteiger partial charge in [0.25, 0.3) is 0 Å². The van der Waals surface area contributed by atoms with Gasteiger partial charge in [-0.2, -0.15) is 0 Å². The van der Waals surface area contributed by atoms with Crippen molar-refractivity contribution in [1.29, 1.82) is 0 Å². The Hall–Kier alpha value is -1.32. The van der Waals surface area contributed by atoms with Gasteiger partial charge in [-0.3, -0.25) is 9.59 Å². The van der Waals surface area contributed by atoms with E-state index in [-0.39, 0.29) is 17.8 Å². The average Bonchev–Trinajstić information content (AvgIpc) is 2.57. The first-order chi connectivity index (χ1) is 9.59. The molecule has 2 fully saturated rings. The number of aliphatic carboxylic acids is 1. The largest absolute Gasteiger partial charge is 0.481 e. The van der Waals surface area contributed by atoms with Gasteiger partial charge in [-0.25, -0.2) is 0 Å². The van der Waals surface area contributed by atoms with Crippen LogP contribution in [0.2, 0.25) is 0 Å². The summed E-state index contributed by atoms with van der Waals surface area (Å²) >= 11 is 0. The van der Waals surface area contributed by atoms with Gasteiger partial charge in [0.05, 0.1) is 18.4 Å². The van der Waals surface area contributed by atoms with Gasteiger partial charge >= 0.3 is 11.9 Å². The van der Waals surface area contributed by atoms with Gasteiger partial charge in [0.15, 0.2) is 0 Å². The van der Waals surface area contributed by atoms with E-state index in [1.807, 2.05) is 13.0 Å². The molecule has 0 aromatic rings. The van der Waals surface area contributed by atoms with E-state index in [1.54, 1.807) is 0 Å². The Bertz CT molecular complexity index is 442. The Morgan fingerprint density at radius 1 is 1.30 bits per heavy atom. The minimum atomic E-state index is -0.872. The van der Waals surface area contributed by atoms with Gasteiger partial charge < -0.3 is 9.84 Å². The summed E-state index contributed by atoms with van der Waals surface area (Å²) in [6.07, 6.45) is 8.66. The van der Waals surface area contributed by atoms with E-state index < -0.39 is 17.8 Å². The lowest BCUT2D eigenvalue weighted by atomic mass is 9.62. The summed E-state index contributed by atoms with van der Waals surface area (Å²) < 4.78 is 5.43. The molecule has 1 saturated heterocycles. The summed E-state index contributed by atoms with van der Waals surface area (Å²) in [6.45, 7) is 2.35. The van der Waals surface area contributed by atoms with Gasteiger partial charge in [-0.1, -0.05) is 31.9 Å². The molecule has 0 aromatic heterocycles. The van der Waals surface area contributed by atoms with Crippen LogP contribution in [0.4, 0.5) is 0 Å². The number of carbonyl (C=O) groups excluding carboxylic acids is 1. The van der Waals surface area contributed by atoms with Crippen molar-refractivity contribution in [3.8, 4) is 0 Å². The van der Waals surface area contributed by atoms with Gasteiger partial charge in [0, 0.05) is 0 Å². The molecule has 1 saturated carbocycles. The molecule has 0 unspecified atom stereocenters. The van der Waals surface area contributed by atoms with Crippen molar-refractivity contribution in [2.45, 2.75) is 32.6 Å². The Morgan fingerprint density at radius 3 is 2.80 bits per heavy atom. The Morgan fingerprint density at radius 2 is 2.05 bits per heavy atom. The first kappa shape index (κ1) is 13.7. The predicted molar refractivity (Wildman–Crippen MR) is 72.8 cm³/mol. The monoisotopic (exact) mass is 278 g/mol. The van der Waals surface area contributed by atoms with Crippen LogP contribution in [-0.2, 0) is 14.3 Å². The number of ether oxygens (including phenoxy) is 1. The zero-order valence-electron chi connectivity index (χ0n) is 11.8. The molecule has 0 radical (unpaired) electrons. The maximum atomic E-state index is 12.3. The number of hydrogen-bond donors (Lipinski definition) is 1. The standard InChI is InChI=1S/C16H22O4/c1-9-6-7-12-11-5-3-2-4-10(11)8-20-16(19)14(12)13(9)15(17)18/h6-7,9-14H,2-5,8H2,1H3,(H,17,18)/t9-,10-,11+,12-,13+,14+/m1/s1. The lowest BCUT2D eigenvalue weighted by Crippen LogP contribution is -2.43. The minimum Gasteiger partial charge on any atom is -0.481 e. The summed E-state index contributed by atoms with van der Waals surface area (Å²) in [4.78, 5) is 23.9. The Balaban J connectivity index is 1.98. The summed E-state index contributed by atoms with van der Waals surface area (Å²) in [5.41, 5.74) is 0. The number of esters is 1. The molecule has 1 N–H and O–H groups in total. The second-order valence-corrected chi connectivity index (χ2v) is 6.55. The van der Waals surface area contributed by atoms with Crippen molar-refractivity contribution in [2.75, 3.05) is 6.61 Å². The van der Waals surface area contributed by atoms with Crippen LogP contribution in [0.3, 0.4) is 0 Å². The van der Waals surface area contributed by atoms with E-state index >= 15 is 0 Å². The molecule has 110 valence electrons. The topological polar surface area (TPSA) is 63.6 Å². The van der Waals surface area contributed by atoms with Crippen molar-refractivity contribution >= 4 is 11.9 Å². The lowest BCUT2D eigenvalue weighted by Gasteiger charge is -2.39. The van der Waals surface area contributed by atoms with Crippen molar-refractivity contribution in [3.05, 3.63) is 12.2 Å². The molecule has 0 amide bonds. The Kier molecular flexibility index (Phi) is 3.57. The maximum Gasteiger partial charge on any atom is 0.310 e. The number of carboxylic acids is 1. The second kappa shape index (κ2) is 5.23. The first-order valence-electron chi connectivity index (χ1n) is 7.67. The van der Waals surface area contributed by atoms with Crippen molar-refractivity contribution in [1.82, 2.24) is 0 Å². The highest BCUT2D eigenvalue weighted by atomic mass is 16.5. The molecule has 0 bridgehead atoms. The van der Waals surface area contributed by atoms with Crippen LogP contribution in [0.25, 0.3) is 0 Å². The van der Waals surface area contributed by atoms with E-state index in [9.17, 15) is 14.7 Å². The number of hydrogen-bond acceptors (Lipinski definition) is 3. The number of cyclic esters (lactones) is 1. The summed E-state index contributed by atoms with van der Waals surface area (Å²) in [6, 6.07) is 0. The molecular formula is C16H22O4. The van der Waals surface area contributed by atoms with E-state index in [4.69, 9.17) is 4.74 Å². The molecule has 20 heavy (non-hydrogen) atoms. The Labute approximate surface area is 119 Å². The van der Waals surface area contributed by atoms with Crippen molar-refractivity contribution < 1.29 is 19.4 Å². The van der Waals surface area contributed by atoms with Gasteiger partial charge in [0.2, 0.25) is 0 Å². The summed E-state index contributed by atoms with van der Waals surface area (Å²) in [7, 11) is 0. The lowest BCUT2D eigenvalue weighted by molar-refractivity contribution is -0.160. The smallest absolute Gasteiger partial charge is 0.310 e. The normalized spacial score (nSPS) is 44.0. The van der Waals surface area contributed by atoms with Gasteiger partial charge in [0.1, 0.15) is 0 Å². The van der Waals surface area contributed by atoms with Crippen molar-refractivity contribution in [2.24, 2.45) is 35.5 Å². The van der Waals surface area contributed by atoms with Crippen molar-refractivity contribution in [3.63, 3.8) is 0 Å². The summed E-state index contributed by atoms with van der Waals surface area (Å²) in [5.74, 6) is -1.55. The third-order valence-corrected chi connectivity index (χ3v) is 5.46.